The topological polar surface area (TPSA) is 106 Å². The molecule has 0 saturated heterocycles. The zero-order valence-electron chi connectivity index (χ0n) is 13.8. The molecule has 3 aromatic rings. The Morgan fingerprint density at radius 3 is 2.75 bits per heavy atom. The fourth-order valence-electron chi connectivity index (χ4n) is 2.42. The third kappa shape index (κ3) is 3.97. The number of carbonyl (C=O) groups is 1. The van der Waals surface area contributed by atoms with E-state index in [4.69, 9.17) is 0 Å². The molecule has 6 nitrogen and oxygen atoms in total. The first-order chi connectivity index (χ1) is 13.2. The number of halogens is 3. The molecule has 3 N–H and O–H groups in total. The molecular formula is C17H10F3N3O3S2. The maximum Gasteiger partial charge on any atom is 0.418 e. The highest BCUT2D eigenvalue weighted by Gasteiger charge is 2.33. The molecule has 0 saturated carbocycles. The number of aromatic hydroxyl groups is 1. The van der Waals surface area contributed by atoms with Crippen molar-refractivity contribution in [1.29, 1.82) is 5.26 Å². The molecule has 0 bridgehead atoms. The number of aromatic amines is 1. The molecule has 28 heavy (non-hydrogen) atoms. The van der Waals surface area contributed by atoms with Crippen molar-refractivity contribution in [1.82, 2.24) is 4.98 Å². The minimum absolute atomic E-state index is 0.0847. The van der Waals surface area contributed by atoms with Crippen LogP contribution in [0.2, 0.25) is 0 Å². The molecule has 11 heteroatoms. The molecule has 0 atom stereocenters. The summed E-state index contributed by atoms with van der Waals surface area (Å²) in [6.45, 7) is 0. The van der Waals surface area contributed by atoms with E-state index in [-0.39, 0.29) is 33.0 Å². The molecule has 0 radical (unpaired) electrons. The van der Waals surface area contributed by atoms with E-state index >= 15 is 0 Å². The van der Waals surface area contributed by atoms with E-state index in [2.05, 4.69) is 10.3 Å². The first-order valence-electron chi connectivity index (χ1n) is 7.58. The van der Waals surface area contributed by atoms with Gasteiger partial charge < -0.3 is 15.4 Å². The summed E-state index contributed by atoms with van der Waals surface area (Å²) in [7, 11) is 0. The number of para-hydroxylation sites is 1. The van der Waals surface area contributed by atoms with Gasteiger partial charge >= 0.3 is 6.18 Å². The second-order valence-corrected chi connectivity index (χ2v) is 7.74. The largest absolute Gasteiger partial charge is 0.506 e. The standard InChI is InChI=1S/C17H10F3N3O3S2/c18-17(19,20)9-3-1-2-4-10(9)22-13(26)7-27-16-8(6-21)14-15(28-16)11(24)5-12(25)23-14/h1-5H,7H2,(H,22,26)(H2,23,24,25). The Balaban J connectivity index is 1.80. The molecule has 0 unspecified atom stereocenters. The van der Waals surface area contributed by atoms with Crippen LogP contribution in [0.25, 0.3) is 10.2 Å². The number of benzene rings is 1. The van der Waals surface area contributed by atoms with E-state index in [0.717, 1.165) is 41.3 Å². The summed E-state index contributed by atoms with van der Waals surface area (Å²) in [4.78, 5) is 26.1. The number of aromatic nitrogens is 1. The molecule has 0 aliphatic heterocycles. The second-order valence-electron chi connectivity index (χ2n) is 5.48. The molecule has 1 aromatic carbocycles. The molecule has 2 heterocycles. The molecule has 1 amide bonds. The molecule has 3 rings (SSSR count). The van der Waals surface area contributed by atoms with Gasteiger partial charge in [0.05, 0.1) is 31.4 Å². The maximum absolute atomic E-state index is 13.0. The lowest BCUT2D eigenvalue weighted by Crippen LogP contribution is -2.18. The number of nitrogens with one attached hydrogen (secondary N) is 2. The van der Waals surface area contributed by atoms with Crippen molar-refractivity contribution in [2.24, 2.45) is 0 Å². The summed E-state index contributed by atoms with van der Waals surface area (Å²) in [5.74, 6) is -1.25. The van der Waals surface area contributed by atoms with Crippen molar-refractivity contribution < 1.29 is 23.1 Å². The number of thioether (sulfide) groups is 1. The van der Waals surface area contributed by atoms with Crippen LogP contribution in [-0.4, -0.2) is 21.8 Å². The van der Waals surface area contributed by atoms with Gasteiger partial charge in [-0.1, -0.05) is 12.1 Å². The third-order valence-electron chi connectivity index (χ3n) is 3.58. The Kier molecular flexibility index (Phi) is 5.35. The van der Waals surface area contributed by atoms with Crippen LogP contribution in [0.5, 0.6) is 5.75 Å². The third-order valence-corrected chi connectivity index (χ3v) is 6.06. The Hall–Kier alpha value is -2.97. The number of amides is 1. The summed E-state index contributed by atoms with van der Waals surface area (Å²) < 4.78 is 39.6. The molecular weight excluding hydrogens is 415 g/mol. The van der Waals surface area contributed by atoms with Gasteiger partial charge in [-0.3, -0.25) is 9.59 Å². The SMILES string of the molecule is N#Cc1c(SCC(=O)Nc2ccccc2C(F)(F)F)sc2c(O)cc(=O)[nH]c12. The number of hydrogen-bond acceptors (Lipinski definition) is 6. The van der Waals surface area contributed by atoms with Gasteiger partial charge in [-0.15, -0.1) is 23.1 Å². The summed E-state index contributed by atoms with van der Waals surface area (Å²) in [5, 5.41) is 21.4. The summed E-state index contributed by atoms with van der Waals surface area (Å²) in [6, 6.07) is 7.47. The highest BCUT2D eigenvalue weighted by atomic mass is 32.2. The summed E-state index contributed by atoms with van der Waals surface area (Å²) in [5.41, 5.74) is -1.67. The number of anilines is 1. The van der Waals surface area contributed by atoms with Gasteiger partial charge in [0.1, 0.15) is 17.4 Å². The lowest BCUT2D eigenvalue weighted by atomic mass is 10.1. The average molecular weight is 425 g/mol. The van der Waals surface area contributed by atoms with Crippen molar-refractivity contribution in [3.05, 3.63) is 51.8 Å². The van der Waals surface area contributed by atoms with Crippen molar-refractivity contribution in [2.75, 3.05) is 11.1 Å². The normalized spacial score (nSPS) is 11.4. The van der Waals surface area contributed by atoms with Crippen molar-refractivity contribution in [3.8, 4) is 11.8 Å². The van der Waals surface area contributed by atoms with Gasteiger partial charge in [-0.25, -0.2) is 0 Å². The zero-order chi connectivity index (χ0) is 20.5. The minimum Gasteiger partial charge on any atom is -0.506 e. The number of rotatable bonds is 4. The predicted octanol–water partition coefficient (Wildman–Crippen LogP) is 3.92. The molecule has 2 aromatic heterocycles. The van der Waals surface area contributed by atoms with Crippen LogP contribution in [-0.2, 0) is 11.0 Å². The van der Waals surface area contributed by atoms with E-state index < -0.39 is 23.2 Å². The summed E-state index contributed by atoms with van der Waals surface area (Å²) >= 11 is 1.92. The Labute approximate surface area is 163 Å². The maximum atomic E-state index is 13.0. The highest BCUT2D eigenvalue weighted by molar-refractivity contribution is 8.02. The van der Waals surface area contributed by atoms with Crippen molar-refractivity contribution in [2.45, 2.75) is 10.4 Å². The number of carbonyl (C=O) groups excluding carboxylic acids is 1. The average Bonchev–Trinajstić information content (AvgIpc) is 2.97. The molecule has 0 aliphatic rings. The monoisotopic (exact) mass is 425 g/mol. The van der Waals surface area contributed by atoms with E-state index in [1.165, 1.54) is 12.1 Å². The van der Waals surface area contributed by atoms with Crippen LogP contribution in [0.1, 0.15) is 11.1 Å². The van der Waals surface area contributed by atoms with Crippen LogP contribution in [0.4, 0.5) is 18.9 Å². The van der Waals surface area contributed by atoms with Gasteiger partial charge in [0.2, 0.25) is 5.91 Å². The van der Waals surface area contributed by atoms with E-state index in [1.807, 2.05) is 6.07 Å². The Morgan fingerprint density at radius 2 is 2.07 bits per heavy atom. The second kappa shape index (κ2) is 7.57. The lowest BCUT2D eigenvalue weighted by molar-refractivity contribution is -0.137. The quantitative estimate of drug-likeness (QED) is 0.550. The number of H-pyrrole nitrogens is 1. The first kappa shape index (κ1) is 19.8. The fourth-order valence-corrected chi connectivity index (χ4v) is 4.56. The lowest BCUT2D eigenvalue weighted by Gasteiger charge is -2.13. The van der Waals surface area contributed by atoms with Crippen LogP contribution in [0, 0.1) is 11.3 Å². The zero-order valence-corrected chi connectivity index (χ0v) is 15.4. The predicted molar refractivity (Wildman–Crippen MR) is 99.6 cm³/mol. The van der Waals surface area contributed by atoms with Gasteiger partial charge in [0.15, 0.2) is 0 Å². The van der Waals surface area contributed by atoms with Crippen molar-refractivity contribution >= 4 is 44.9 Å². The van der Waals surface area contributed by atoms with Gasteiger partial charge in [0, 0.05) is 6.07 Å². The van der Waals surface area contributed by atoms with E-state index in [0.29, 0.717) is 4.21 Å². The molecule has 0 aliphatic carbocycles. The number of fused-ring (bicyclic) bond motifs is 1. The van der Waals surface area contributed by atoms with Crippen molar-refractivity contribution in [3.63, 3.8) is 0 Å². The highest BCUT2D eigenvalue weighted by Crippen LogP contribution is 2.40. The van der Waals surface area contributed by atoms with E-state index in [1.54, 1.807) is 0 Å². The number of nitrogens with zero attached hydrogens (tertiary/aromatic N) is 1. The number of thiophene rings is 1. The molecule has 0 spiro atoms. The van der Waals surface area contributed by atoms with E-state index in [9.17, 15) is 33.1 Å². The molecule has 144 valence electrons. The number of hydrogen-bond donors (Lipinski definition) is 3. The van der Waals surface area contributed by atoms with Gasteiger partial charge in [-0.2, -0.15) is 18.4 Å². The Bertz CT molecular complexity index is 1160. The first-order valence-corrected chi connectivity index (χ1v) is 9.38. The number of alkyl halides is 3. The summed E-state index contributed by atoms with van der Waals surface area (Å²) in [6.07, 6.45) is -4.61. The van der Waals surface area contributed by atoms with Crippen LogP contribution >= 0.6 is 23.1 Å². The fraction of sp³-hybridized carbons (Fsp3) is 0.118. The minimum atomic E-state index is -4.61. The van der Waals surface area contributed by atoms with Gasteiger partial charge in [0.25, 0.3) is 5.56 Å². The molecule has 0 fully saturated rings. The van der Waals surface area contributed by atoms with Gasteiger partial charge in [-0.05, 0) is 12.1 Å². The smallest absolute Gasteiger partial charge is 0.418 e. The van der Waals surface area contributed by atoms with Crippen LogP contribution in [0.15, 0.2) is 39.3 Å². The van der Waals surface area contributed by atoms with Crippen LogP contribution < -0.4 is 10.9 Å². The number of nitriles is 1. The number of pyridine rings is 1. The Morgan fingerprint density at radius 1 is 1.36 bits per heavy atom. The van der Waals surface area contributed by atoms with Crippen LogP contribution in [0.3, 0.4) is 0 Å².